The molecule has 2 aromatic rings. The summed E-state index contributed by atoms with van der Waals surface area (Å²) in [7, 11) is 0. The number of hydrogen-bond donors (Lipinski definition) is 2. The summed E-state index contributed by atoms with van der Waals surface area (Å²) in [4.78, 5) is 16.1. The highest BCUT2D eigenvalue weighted by atomic mass is 19.4. The Bertz CT molecular complexity index is 692. The van der Waals surface area contributed by atoms with Gasteiger partial charge in [-0.3, -0.25) is 4.79 Å². The fraction of sp³-hybridized carbons (Fsp3) is 0.250. The predicted molar refractivity (Wildman–Crippen MR) is 80.3 cm³/mol. The van der Waals surface area contributed by atoms with Crippen molar-refractivity contribution >= 4 is 17.4 Å². The Morgan fingerprint density at radius 3 is 2.30 bits per heavy atom. The molecule has 1 fully saturated rings. The summed E-state index contributed by atoms with van der Waals surface area (Å²) in [6, 6.07) is 7.99. The number of rotatable bonds is 4. The maximum Gasteiger partial charge on any atom is 0.416 e. The van der Waals surface area contributed by atoms with Gasteiger partial charge < -0.3 is 10.6 Å². The van der Waals surface area contributed by atoms with Crippen molar-refractivity contribution in [1.29, 1.82) is 0 Å². The summed E-state index contributed by atoms with van der Waals surface area (Å²) in [5.74, 6) is -0.162. The second kappa shape index (κ2) is 5.91. The smallest absolute Gasteiger partial charge is 0.381 e. The molecule has 1 amide bonds. The molecule has 1 aliphatic rings. The van der Waals surface area contributed by atoms with Crippen LogP contribution in [0.5, 0.6) is 0 Å². The predicted octanol–water partition coefficient (Wildman–Crippen LogP) is 3.93. The van der Waals surface area contributed by atoms with E-state index in [1.54, 1.807) is 18.3 Å². The Labute approximate surface area is 130 Å². The van der Waals surface area contributed by atoms with Crippen LogP contribution >= 0.6 is 0 Å². The van der Waals surface area contributed by atoms with E-state index in [1.165, 1.54) is 0 Å². The molecule has 2 N–H and O–H groups in total. The van der Waals surface area contributed by atoms with E-state index in [1.807, 2.05) is 0 Å². The third-order valence-corrected chi connectivity index (χ3v) is 3.43. The fourth-order valence-corrected chi connectivity index (χ4v) is 2.02. The average Bonchev–Trinajstić information content (AvgIpc) is 3.32. The van der Waals surface area contributed by atoms with Crippen molar-refractivity contribution < 1.29 is 18.0 Å². The number of carbonyl (C=O) groups is 1. The zero-order valence-corrected chi connectivity index (χ0v) is 12.0. The van der Waals surface area contributed by atoms with E-state index in [4.69, 9.17) is 0 Å². The first-order valence-electron chi connectivity index (χ1n) is 7.13. The van der Waals surface area contributed by atoms with Gasteiger partial charge in [-0.1, -0.05) is 0 Å². The minimum Gasteiger partial charge on any atom is -0.381 e. The molecular weight excluding hydrogens is 307 g/mol. The van der Waals surface area contributed by atoms with Gasteiger partial charge in [-0.25, -0.2) is 4.98 Å². The van der Waals surface area contributed by atoms with E-state index in [9.17, 15) is 18.0 Å². The van der Waals surface area contributed by atoms with Crippen LogP contribution in [0.1, 0.15) is 28.8 Å². The number of nitrogens with one attached hydrogen (secondary N) is 2. The summed E-state index contributed by atoms with van der Waals surface area (Å²) < 4.78 is 37.5. The highest BCUT2D eigenvalue weighted by Crippen LogP contribution is 2.29. The molecule has 0 spiro atoms. The number of benzene rings is 1. The van der Waals surface area contributed by atoms with Gasteiger partial charge >= 0.3 is 6.18 Å². The molecule has 0 unspecified atom stereocenters. The molecule has 1 saturated carbocycles. The van der Waals surface area contributed by atoms with Crippen molar-refractivity contribution in [2.45, 2.75) is 25.1 Å². The Morgan fingerprint density at radius 1 is 1.09 bits per heavy atom. The Morgan fingerprint density at radius 2 is 1.78 bits per heavy atom. The Hall–Kier alpha value is -2.57. The van der Waals surface area contributed by atoms with Gasteiger partial charge in [0.2, 0.25) is 0 Å². The van der Waals surface area contributed by atoms with Crippen LogP contribution in [0.25, 0.3) is 0 Å². The zero-order chi connectivity index (χ0) is 16.4. The van der Waals surface area contributed by atoms with Gasteiger partial charge in [-0.05, 0) is 49.2 Å². The molecule has 120 valence electrons. The lowest BCUT2D eigenvalue weighted by Crippen LogP contribution is -2.14. The van der Waals surface area contributed by atoms with E-state index in [0.717, 1.165) is 42.8 Å². The van der Waals surface area contributed by atoms with Crippen LogP contribution in [-0.4, -0.2) is 16.9 Å². The highest BCUT2D eigenvalue weighted by Gasteiger charge is 2.30. The maximum atomic E-state index is 12.5. The third kappa shape index (κ3) is 4.00. The SMILES string of the molecule is O=C(Nc1ccc(NC2CC2)cn1)c1ccc(C(F)(F)F)cc1. The molecule has 0 radical (unpaired) electrons. The Kier molecular flexibility index (Phi) is 3.94. The quantitative estimate of drug-likeness (QED) is 0.897. The molecule has 4 nitrogen and oxygen atoms in total. The molecule has 1 heterocycles. The van der Waals surface area contributed by atoms with Crippen molar-refractivity contribution in [2.75, 3.05) is 10.6 Å². The molecule has 7 heteroatoms. The van der Waals surface area contributed by atoms with Crippen molar-refractivity contribution in [3.8, 4) is 0 Å². The van der Waals surface area contributed by atoms with Crippen molar-refractivity contribution in [3.63, 3.8) is 0 Å². The largest absolute Gasteiger partial charge is 0.416 e. The minimum atomic E-state index is -4.42. The van der Waals surface area contributed by atoms with Crippen LogP contribution in [0.3, 0.4) is 0 Å². The van der Waals surface area contributed by atoms with Crippen LogP contribution in [0.2, 0.25) is 0 Å². The van der Waals surface area contributed by atoms with Gasteiger partial charge in [-0.15, -0.1) is 0 Å². The van der Waals surface area contributed by atoms with Gasteiger partial charge in [0.1, 0.15) is 5.82 Å². The van der Waals surface area contributed by atoms with E-state index < -0.39 is 17.6 Å². The number of aromatic nitrogens is 1. The van der Waals surface area contributed by atoms with Gasteiger partial charge in [0, 0.05) is 11.6 Å². The molecule has 3 rings (SSSR count). The highest BCUT2D eigenvalue weighted by molar-refractivity contribution is 6.03. The number of pyridine rings is 1. The number of carbonyl (C=O) groups excluding carboxylic acids is 1. The second-order valence-electron chi connectivity index (χ2n) is 5.38. The number of amides is 1. The molecular formula is C16H14F3N3O. The minimum absolute atomic E-state index is 0.139. The lowest BCUT2D eigenvalue weighted by molar-refractivity contribution is -0.137. The monoisotopic (exact) mass is 321 g/mol. The normalized spacial score (nSPS) is 14.4. The van der Waals surface area contributed by atoms with E-state index >= 15 is 0 Å². The maximum absolute atomic E-state index is 12.5. The van der Waals surface area contributed by atoms with Crippen LogP contribution in [0.4, 0.5) is 24.7 Å². The molecule has 0 atom stereocenters. The fourth-order valence-electron chi connectivity index (χ4n) is 2.02. The number of hydrogen-bond acceptors (Lipinski definition) is 3. The number of halogens is 3. The summed E-state index contributed by atoms with van der Waals surface area (Å²) in [6.45, 7) is 0. The van der Waals surface area contributed by atoms with E-state index in [0.29, 0.717) is 11.9 Å². The summed E-state index contributed by atoms with van der Waals surface area (Å²) >= 11 is 0. The van der Waals surface area contributed by atoms with Crippen LogP contribution in [0.15, 0.2) is 42.6 Å². The molecule has 0 aliphatic heterocycles. The summed E-state index contributed by atoms with van der Waals surface area (Å²) in [6.07, 6.45) is -0.513. The topological polar surface area (TPSA) is 54.0 Å². The summed E-state index contributed by atoms with van der Waals surface area (Å²) in [5, 5.41) is 5.82. The first kappa shape index (κ1) is 15.3. The molecule has 1 aromatic heterocycles. The Balaban J connectivity index is 1.63. The van der Waals surface area contributed by atoms with Crippen LogP contribution in [-0.2, 0) is 6.18 Å². The molecule has 0 bridgehead atoms. The van der Waals surface area contributed by atoms with Gasteiger partial charge in [0.25, 0.3) is 5.91 Å². The lowest BCUT2D eigenvalue weighted by Gasteiger charge is -2.09. The van der Waals surface area contributed by atoms with Crippen molar-refractivity contribution in [3.05, 3.63) is 53.7 Å². The number of nitrogens with zero attached hydrogens (tertiary/aromatic N) is 1. The zero-order valence-electron chi connectivity index (χ0n) is 12.0. The number of alkyl halides is 3. The average molecular weight is 321 g/mol. The van der Waals surface area contributed by atoms with Gasteiger partial charge in [-0.2, -0.15) is 13.2 Å². The lowest BCUT2D eigenvalue weighted by atomic mass is 10.1. The molecule has 0 saturated heterocycles. The first-order valence-corrected chi connectivity index (χ1v) is 7.13. The van der Waals surface area contributed by atoms with Crippen LogP contribution in [0, 0.1) is 0 Å². The molecule has 1 aliphatic carbocycles. The van der Waals surface area contributed by atoms with Crippen molar-refractivity contribution in [1.82, 2.24) is 4.98 Å². The third-order valence-electron chi connectivity index (χ3n) is 3.43. The van der Waals surface area contributed by atoms with Crippen molar-refractivity contribution in [2.24, 2.45) is 0 Å². The van der Waals surface area contributed by atoms with Gasteiger partial charge in [0.15, 0.2) is 0 Å². The van der Waals surface area contributed by atoms with E-state index in [2.05, 4.69) is 15.6 Å². The number of anilines is 2. The van der Waals surface area contributed by atoms with Gasteiger partial charge in [0.05, 0.1) is 17.4 Å². The molecule has 23 heavy (non-hydrogen) atoms. The first-order chi connectivity index (χ1) is 10.9. The van der Waals surface area contributed by atoms with Crippen LogP contribution < -0.4 is 10.6 Å². The standard InChI is InChI=1S/C16H14F3N3O/c17-16(18,19)11-3-1-10(2-4-11)15(23)22-14-8-7-13(9-20-14)21-12-5-6-12/h1-4,7-9,12,21H,5-6H2,(H,20,22,23). The second-order valence-corrected chi connectivity index (χ2v) is 5.38. The summed E-state index contributed by atoms with van der Waals surface area (Å²) in [5.41, 5.74) is 0.225. The van der Waals surface area contributed by atoms with E-state index in [-0.39, 0.29) is 5.56 Å². The molecule has 1 aromatic carbocycles.